The number of nitrogens with zero attached hydrogens (tertiary/aromatic N) is 1. The van der Waals surface area contributed by atoms with Crippen LogP contribution in [0.4, 0.5) is 0 Å². The molecule has 0 radical (unpaired) electrons. The Bertz CT molecular complexity index is 686. The smallest absolute Gasteiger partial charge is 0.336 e. The van der Waals surface area contributed by atoms with Gasteiger partial charge in [-0.3, -0.25) is 4.79 Å². The molecule has 23 heavy (non-hydrogen) atoms. The molecule has 120 valence electrons. The molecule has 2 atom stereocenters. The summed E-state index contributed by atoms with van der Waals surface area (Å²) < 4.78 is 10.2. The largest absolute Gasteiger partial charge is 0.497 e. The first-order valence-electron chi connectivity index (χ1n) is 7.25. The molecule has 1 N–H and O–H groups in total. The van der Waals surface area contributed by atoms with E-state index in [1.807, 2.05) is 6.07 Å². The van der Waals surface area contributed by atoms with Crippen molar-refractivity contribution in [3.8, 4) is 11.8 Å². The summed E-state index contributed by atoms with van der Waals surface area (Å²) in [6, 6.07) is 8.95. The summed E-state index contributed by atoms with van der Waals surface area (Å²) in [6.07, 6.45) is 0. The van der Waals surface area contributed by atoms with Crippen LogP contribution in [0.3, 0.4) is 0 Å². The van der Waals surface area contributed by atoms with E-state index < -0.39 is 23.7 Å². The van der Waals surface area contributed by atoms with E-state index in [2.05, 4.69) is 5.32 Å². The molecule has 0 aliphatic carbocycles. The molecule has 0 aromatic heterocycles. The quantitative estimate of drug-likeness (QED) is 0.857. The Labute approximate surface area is 134 Å². The normalized spacial score (nSPS) is 20.5. The van der Waals surface area contributed by atoms with Gasteiger partial charge in [0.15, 0.2) is 0 Å². The van der Waals surface area contributed by atoms with Crippen LogP contribution in [-0.4, -0.2) is 25.6 Å². The lowest BCUT2D eigenvalue weighted by Crippen LogP contribution is -2.41. The second kappa shape index (κ2) is 6.97. The number of nitriles is 1. The van der Waals surface area contributed by atoms with Crippen LogP contribution in [0, 0.1) is 17.2 Å². The molecule has 1 heterocycles. The highest BCUT2D eigenvalue weighted by molar-refractivity contribution is 5.97. The molecule has 1 aliphatic rings. The van der Waals surface area contributed by atoms with Gasteiger partial charge in [-0.15, -0.1) is 0 Å². The van der Waals surface area contributed by atoms with Crippen LogP contribution < -0.4 is 10.1 Å². The van der Waals surface area contributed by atoms with Crippen molar-refractivity contribution in [1.82, 2.24) is 5.32 Å². The van der Waals surface area contributed by atoms with Crippen LogP contribution in [0.5, 0.6) is 5.75 Å². The van der Waals surface area contributed by atoms with Crippen LogP contribution in [0.2, 0.25) is 0 Å². The van der Waals surface area contributed by atoms with Crippen LogP contribution in [-0.2, 0) is 14.3 Å². The number of nitrogens with one attached hydrogen (secondary N) is 1. The number of esters is 1. The molecule has 1 amide bonds. The molecule has 6 heteroatoms. The molecule has 6 nitrogen and oxygen atoms in total. The predicted molar refractivity (Wildman–Crippen MR) is 82.3 cm³/mol. The highest BCUT2D eigenvalue weighted by atomic mass is 16.5. The average molecular weight is 314 g/mol. The summed E-state index contributed by atoms with van der Waals surface area (Å²) >= 11 is 0. The summed E-state index contributed by atoms with van der Waals surface area (Å²) in [5.74, 6) is -1.95. The first-order valence-corrected chi connectivity index (χ1v) is 7.25. The van der Waals surface area contributed by atoms with Crippen molar-refractivity contribution >= 4 is 11.9 Å². The van der Waals surface area contributed by atoms with Crippen LogP contribution in [0.1, 0.15) is 25.3 Å². The second-order valence-electron chi connectivity index (χ2n) is 5.11. The van der Waals surface area contributed by atoms with E-state index in [9.17, 15) is 14.9 Å². The summed E-state index contributed by atoms with van der Waals surface area (Å²) in [7, 11) is 1.55. The molecule has 0 fully saturated rings. The van der Waals surface area contributed by atoms with Crippen molar-refractivity contribution < 1.29 is 19.1 Å². The van der Waals surface area contributed by atoms with E-state index in [0.717, 1.165) is 0 Å². The fourth-order valence-corrected chi connectivity index (χ4v) is 2.67. The maximum atomic E-state index is 12.3. The van der Waals surface area contributed by atoms with Gasteiger partial charge in [-0.25, -0.2) is 4.79 Å². The third-order valence-electron chi connectivity index (χ3n) is 3.75. The molecule has 0 saturated carbocycles. The van der Waals surface area contributed by atoms with E-state index in [-0.39, 0.29) is 6.61 Å². The van der Waals surface area contributed by atoms with E-state index in [1.165, 1.54) is 0 Å². The molecular formula is C17H18N2O4. The van der Waals surface area contributed by atoms with Gasteiger partial charge < -0.3 is 14.8 Å². The van der Waals surface area contributed by atoms with Gasteiger partial charge >= 0.3 is 5.97 Å². The van der Waals surface area contributed by atoms with Gasteiger partial charge in [-0.1, -0.05) is 12.1 Å². The molecule has 1 aliphatic heterocycles. The van der Waals surface area contributed by atoms with Crippen molar-refractivity contribution in [1.29, 1.82) is 5.26 Å². The SMILES string of the molecule is CCOC(=O)C1=C(C)NC(=O)[C@H](C#N)[C@@H]1c1ccc(OC)cc1. The van der Waals surface area contributed by atoms with E-state index >= 15 is 0 Å². The number of carbonyl (C=O) groups excluding carboxylic acids is 2. The van der Waals surface area contributed by atoms with Gasteiger partial charge in [-0.2, -0.15) is 5.26 Å². The number of ether oxygens (including phenoxy) is 2. The zero-order valence-corrected chi connectivity index (χ0v) is 13.3. The average Bonchev–Trinajstić information content (AvgIpc) is 2.54. The Balaban J connectivity index is 2.54. The minimum atomic E-state index is -0.994. The molecule has 0 bridgehead atoms. The number of rotatable bonds is 4. The third kappa shape index (κ3) is 3.19. The Morgan fingerprint density at radius 1 is 1.35 bits per heavy atom. The fourth-order valence-electron chi connectivity index (χ4n) is 2.67. The standard InChI is InChI=1S/C17H18N2O4/c1-4-23-17(21)14-10(2)19-16(20)13(9-18)15(14)11-5-7-12(22-3)8-6-11/h5-8,13,15H,4H2,1-3H3,(H,19,20)/t13-,15+/m1/s1. The van der Waals surface area contributed by atoms with Crippen molar-refractivity contribution in [3.63, 3.8) is 0 Å². The first kappa shape index (κ1) is 16.6. The second-order valence-corrected chi connectivity index (χ2v) is 5.11. The van der Waals surface area contributed by atoms with Gasteiger partial charge in [0, 0.05) is 11.6 Å². The Hall–Kier alpha value is -2.81. The molecule has 0 spiro atoms. The monoisotopic (exact) mass is 314 g/mol. The highest BCUT2D eigenvalue weighted by Crippen LogP contribution is 2.37. The topological polar surface area (TPSA) is 88.4 Å². The molecule has 1 aromatic carbocycles. The van der Waals surface area contributed by atoms with Crippen molar-refractivity contribution in [2.75, 3.05) is 13.7 Å². The zero-order valence-electron chi connectivity index (χ0n) is 13.3. The third-order valence-corrected chi connectivity index (χ3v) is 3.75. The summed E-state index contributed by atoms with van der Waals surface area (Å²) in [5, 5.41) is 12.0. The lowest BCUT2D eigenvalue weighted by atomic mass is 9.77. The molecule has 1 aromatic rings. The van der Waals surface area contributed by atoms with Crippen molar-refractivity contribution in [3.05, 3.63) is 41.1 Å². The minimum Gasteiger partial charge on any atom is -0.497 e. The number of amides is 1. The van der Waals surface area contributed by atoms with Gasteiger partial charge in [-0.05, 0) is 31.5 Å². The lowest BCUT2D eigenvalue weighted by Gasteiger charge is -2.30. The Morgan fingerprint density at radius 3 is 2.52 bits per heavy atom. The molecule has 2 rings (SSSR count). The first-order chi connectivity index (χ1) is 11.0. The van der Waals surface area contributed by atoms with Gasteiger partial charge in [0.1, 0.15) is 11.7 Å². The predicted octanol–water partition coefficient (Wildman–Crippen LogP) is 1.89. The Kier molecular flexibility index (Phi) is 5.02. The molecule has 0 saturated heterocycles. The van der Waals surface area contributed by atoms with E-state index in [4.69, 9.17) is 9.47 Å². The number of methoxy groups -OCH3 is 1. The maximum absolute atomic E-state index is 12.3. The number of carbonyl (C=O) groups is 2. The van der Waals surface area contributed by atoms with Crippen LogP contribution >= 0.6 is 0 Å². The summed E-state index contributed by atoms with van der Waals surface area (Å²) in [4.78, 5) is 24.4. The summed E-state index contributed by atoms with van der Waals surface area (Å²) in [6.45, 7) is 3.56. The fraction of sp³-hybridized carbons (Fsp3) is 0.353. The van der Waals surface area contributed by atoms with Gasteiger partial charge in [0.25, 0.3) is 0 Å². The minimum absolute atomic E-state index is 0.218. The maximum Gasteiger partial charge on any atom is 0.336 e. The molecular weight excluding hydrogens is 296 g/mol. The number of allylic oxidation sites excluding steroid dienone is 1. The van der Waals surface area contributed by atoms with Crippen LogP contribution in [0.15, 0.2) is 35.5 Å². The van der Waals surface area contributed by atoms with Gasteiger partial charge in [0.2, 0.25) is 5.91 Å². The number of hydrogen-bond donors (Lipinski definition) is 1. The van der Waals surface area contributed by atoms with E-state index in [1.54, 1.807) is 45.2 Å². The van der Waals surface area contributed by atoms with Gasteiger partial charge in [0.05, 0.1) is 25.4 Å². The number of hydrogen-bond acceptors (Lipinski definition) is 5. The highest BCUT2D eigenvalue weighted by Gasteiger charge is 2.41. The summed E-state index contributed by atoms with van der Waals surface area (Å²) in [5.41, 5.74) is 1.42. The lowest BCUT2D eigenvalue weighted by molar-refractivity contribution is -0.139. The van der Waals surface area contributed by atoms with Crippen molar-refractivity contribution in [2.24, 2.45) is 5.92 Å². The van der Waals surface area contributed by atoms with Crippen molar-refractivity contribution in [2.45, 2.75) is 19.8 Å². The number of benzene rings is 1. The van der Waals surface area contributed by atoms with E-state index in [0.29, 0.717) is 22.6 Å². The Morgan fingerprint density at radius 2 is 2.00 bits per heavy atom. The zero-order chi connectivity index (χ0) is 17.0. The molecule has 0 unspecified atom stereocenters. The van der Waals surface area contributed by atoms with Crippen LogP contribution in [0.25, 0.3) is 0 Å².